The number of nitrogens with one attached hydrogen (secondary N) is 1. The summed E-state index contributed by atoms with van der Waals surface area (Å²) in [5.41, 5.74) is 1.13. The molecule has 0 aromatic rings. The lowest BCUT2D eigenvalue weighted by Crippen LogP contribution is -2.42. The highest BCUT2D eigenvalue weighted by molar-refractivity contribution is 5.92. The molecule has 1 aliphatic rings. The minimum absolute atomic E-state index is 0.740. The van der Waals surface area contributed by atoms with Gasteiger partial charge in [-0.05, 0) is 6.42 Å². The van der Waals surface area contributed by atoms with E-state index in [0.29, 0.717) is 0 Å². The molecule has 0 saturated carbocycles. The molecule has 0 spiro atoms. The van der Waals surface area contributed by atoms with Crippen LogP contribution in [0, 0.1) is 0 Å². The van der Waals surface area contributed by atoms with Crippen molar-refractivity contribution in [3.8, 4) is 0 Å². The Morgan fingerprint density at radius 1 is 1.45 bits per heavy atom. The van der Waals surface area contributed by atoms with Crippen LogP contribution in [-0.4, -0.2) is 25.4 Å². The summed E-state index contributed by atoms with van der Waals surface area (Å²) in [7, 11) is 0. The second-order valence-electron chi connectivity index (χ2n) is 2.09. The minimum Gasteiger partial charge on any atom is -0.396 e. The van der Waals surface area contributed by atoms with Gasteiger partial charge in [0.15, 0.2) is 0 Å². The highest BCUT2D eigenvalue weighted by Crippen LogP contribution is 1.88. The maximum atomic E-state index is 4.93. The normalized spacial score (nSPS) is 14.3. The summed E-state index contributed by atoms with van der Waals surface area (Å²) in [5, 5.41) is 6.95. The van der Waals surface area contributed by atoms with Gasteiger partial charge in [0.05, 0.1) is 5.71 Å². The van der Waals surface area contributed by atoms with E-state index in [1.807, 2.05) is 13.8 Å². The molecule has 3 heteroatoms. The Balaban J connectivity index is 0.000000461. The van der Waals surface area contributed by atoms with Crippen LogP contribution in [0.25, 0.3) is 0 Å². The second-order valence-corrected chi connectivity index (χ2v) is 2.09. The van der Waals surface area contributed by atoms with E-state index in [2.05, 4.69) is 17.4 Å². The van der Waals surface area contributed by atoms with Crippen molar-refractivity contribution in [3.63, 3.8) is 0 Å². The molecule has 1 saturated heterocycles. The van der Waals surface area contributed by atoms with Crippen molar-refractivity contribution in [2.24, 2.45) is 5.16 Å². The predicted molar refractivity (Wildman–Crippen MR) is 47.9 cm³/mol. The van der Waals surface area contributed by atoms with Crippen LogP contribution in [0.5, 0.6) is 0 Å². The fourth-order valence-electron chi connectivity index (χ4n) is 0.530. The van der Waals surface area contributed by atoms with Gasteiger partial charge in [-0.25, -0.2) is 0 Å². The summed E-state index contributed by atoms with van der Waals surface area (Å²) in [4.78, 5) is 4.93. The first-order chi connectivity index (χ1) is 5.43. The standard InChI is InChI=1S/C6H12N2O.C2H6/c1-2-3-9-8-6-4-7-5-6;1-2/h7H,2-5H2,1H3;1-2H3. The van der Waals surface area contributed by atoms with Crippen LogP contribution in [0.4, 0.5) is 0 Å². The SMILES string of the molecule is CC.CCCON=C1CNC1. The number of hydrogen-bond acceptors (Lipinski definition) is 3. The summed E-state index contributed by atoms with van der Waals surface area (Å²) in [5.74, 6) is 0. The third-order valence-electron chi connectivity index (χ3n) is 1.15. The quantitative estimate of drug-likeness (QED) is 0.497. The molecule has 1 rings (SSSR count). The summed E-state index contributed by atoms with van der Waals surface area (Å²) in [6, 6.07) is 0. The molecule has 3 nitrogen and oxygen atoms in total. The van der Waals surface area contributed by atoms with Crippen LogP contribution in [0.3, 0.4) is 0 Å². The van der Waals surface area contributed by atoms with Crippen molar-refractivity contribution in [2.75, 3.05) is 19.7 Å². The highest BCUT2D eigenvalue weighted by Gasteiger charge is 2.08. The molecule has 0 atom stereocenters. The third kappa shape index (κ3) is 4.79. The average Bonchev–Trinajstić information content (AvgIpc) is 1.99. The molecule has 1 fully saturated rings. The van der Waals surface area contributed by atoms with Crippen molar-refractivity contribution in [3.05, 3.63) is 0 Å². The van der Waals surface area contributed by atoms with Crippen LogP contribution >= 0.6 is 0 Å². The van der Waals surface area contributed by atoms with Crippen LogP contribution in [0.2, 0.25) is 0 Å². The minimum atomic E-state index is 0.740. The lowest BCUT2D eigenvalue weighted by atomic mass is 10.2. The van der Waals surface area contributed by atoms with Crippen molar-refractivity contribution >= 4 is 5.71 Å². The Morgan fingerprint density at radius 3 is 2.45 bits per heavy atom. The molecule has 0 bridgehead atoms. The van der Waals surface area contributed by atoms with Gasteiger partial charge in [0, 0.05) is 13.1 Å². The molecule has 1 N–H and O–H groups in total. The van der Waals surface area contributed by atoms with Crippen molar-refractivity contribution in [2.45, 2.75) is 27.2 Å². The van der Waals surface area contributed by atoms with Crippen molar-refractivity contribution in [1.29, 1.82) is 0 Å². The maximum Gasteiger partial charge on any atom is 0.116 e. The number of hydrogen-bond donors (Lipinski definition) is 1. The zero-order valence-electron chi connectivity index (χ0n) is 7.68. The Bertz CT molecular complexity index is 107. The van der Waals surface area contributed by atoms with Crippen LogP contribution in [-0.2, 0) is 4.84 Å². The summed E-state index contributed by atoms with van der Waals surface area (Å²) in [6.07, 6.45) is 1.03. The lowest BCUT2D eigenvalue weighted by Gasteiger charge is -2.15. The van der Waals surface area contributed by atoms with E-state index >= 15 is 0 Å². The van der Waals surface area contributed by atoms with E-state index in [1.54, 1.807) is 0 Å². The van der Waals surface area contributed by atoms with Crippen LogP contribution < -0.4 is 5.32 Å². The Labute approximate surface area is 68.8 Å². The largest absolute Gasteiger partial charge is 0.396 e. The molecule has 11 heavy (non-hydrogen) atoms. The van der Waals surface area contributed by atoms with Crippen molar-refractivity contribution in [1.82, 2.24) is 5.32 Å². The van der Waals surface area contributed by atoms with Gasteiger partial charge in [-0.2, -0.15) is 0 Å². The van der Waals surface area contributed by atoms with Crippen LogP contribution in [0.15, 0.2) is 5.16 Å². The van der Waals surface area contributed by atoms with Crippen molar-refractivity contribution < 1.29 is 4.84 Å². The first-order valence-electron chi connectivity index (χ1n) is 4.32. The highest BCUT2D eigenvalue weighted by atomic mass is 16.6. The topological polar surface area (TPSA) is 33.6 Å². The number of oxime groups is 1. The zero-order chi connectivity index (χ0) is 8.53. The maximum absolute atomic E-state index is 4.93. The van der Waals surface area contributed by atoms with Gasteiger partial charge < -0.3 is 10.2 Å². The number of rotatable bonds is 3. The van der Waals surface area contributed by atoms with E-state index in [0.717, 1.165) is 31.8 Å². The molecule has 0 aromatic carbocycles. The summed E-state index contributed by atoms with van der Waals surface area (Å²) in [6.45, 7) is 8.62. The van der Waals surface area contributed by atoms with Gasteiger partial charge in [-0.1, -0.05) is 25.9 Å². The molecule has 66 valence electrons. The third-order valence-corrected chi connectivity index (χ3v) is 1.15. The fourth-order valence-corrected chi connectivity index (χ4v) is 0.530. The monoisotopic (exact) mass is 158 g/mol. The van der Waals surface area contributed by atoms with E-state index in [4.69, 9.17) is 4.84 Å². The fraction of sp³-hybridized carbons (Fsp3) is 0.875. The second kappa shape index (κ2) is 7.54. The van der Waals surface area contributed by atoms with Gasteiger partial charge in [0.1, 0.15) is 6.61 Å². The molecule has 0 aromatic heterocycles. The molecular weight excluding hydrogens is 140 g/mol. The van der Waals surface area contributed by atoms with E-state index in [-0.39, 0.29) is 0 Å². The Hall–Kier alpha value is -0.570. The molecule has 1 aliphatic heterocycles. The van der Waals surface area contributed by atoms with E-state index in [9.17, 15) is 0 Å². The van der Waals surface area contributed by atoms with E-state index in [1.165, 1.54) is 0 Å². The molecule has 1 heterocycles. The van der Waals surface area contributed by atoms with Gasteiger partial charge in [0.2, 0.25) is 0 Å². The number of nitrogens with zero attached hydrogens (tertiary/aromatic N) is 1. The molecular formula is C8H18N2O. The lowest BCUT2D eigenvalue weighted by molar-refractivity contribution is 0.143. The smallest absolute Gasteiger partial charge is 0.116 e. The zero-order valence-corrected chi connectivity index (χ0v) is 7.68. The van der Waals surface area contributed by atoms with Gasteiger partial charge in [-0.15, -0.1) is 0 Å². The van der Waals surface area contributed by atoms with E-state index < -0.39 is 0 Å². The van der Waals surface area contributed by atoms with Gasteiger partial charge in [-0.3, -0.25) is 0 Å². The summed E-state index contributed by atoms with van der Waals surface area (Å²) < 4.78 is 0. The predicted octanol–water partition coefficient (Wildman–Crippen LogP) is 1.40. The van der Waals surface area contributed by atoms with Crippen LogP contribution in [0.1, 0.15) is 27.2 Å². The Kier molecular flexibility index (Phi) is 7.15. The van der Waals surface area contributed by atoms with Gasteiger partial charge >= 0.3 is 0 Å². The molecule has 0 aliphatic carbocycles. The first-order valence-corrected chi connectivity index (χ1v) is 4.32. The Morgan fingerprint density at radius 2 is 2.09 bits per heavy atom. The average molecular weight is 158 g/mol. The molecule has 0 amide bonds. The molecule has 0 radical (unpaired) electrons. The van der Waals surface area contributed by atoms with Gasteiger partial charge in [0.25, 0.3) is 0 Å². The first kappa shape index (κ1) is 10.4. The summed E-state index contributed by atoms with van der Waals surface area (Å²) >= 11 is 0. The molecule has 0 unspecified atom stereocenters.